The molecule has 1 aliphatic heterocycles. The predicted octanol–water partition coefficient (Wildman–Crippen LogP) is 2.72. The van der Waals surface area contributed by atoms with Gasteiger partial charge in [0.15, 0.2) is 0 Å². The molecule has 1 aliphatic rings. The highest BCUT2D eigenvalue weighted by molar-refractivity contribution is 9.10. The van der Waals surface area contributed by atoms with Crippen LogP contribution in [0.4, 0.5) is 4.39 Å². The Bertz CT molecular complexity index is 452. The van der Waals surface area contributed by atoms with Gasteiger partial charge in [-0.3, -0.25) is 4.79 Å². The summed E-state index contributed by atoms with van der Waals surface area (Å²) < 4.78 is 14.4. The molecule has 0 aliphatic carbocycles. The molecule has 3 nitrogen and oxygen atoms in total. The minimum absolute atomic E-state index is 0. The second kappa shape index (κ2) is 7.22. The number of hydrogen-bond acceptors (Lipinski definition) is 2. The molecular weight excluding hydrogens is 335 g/mol. The van der Waals surface area contributed by atoms with Crippen molar-refractivity contribution in [3.63, 3.8) is 0 Å². The molecule has 1 amide bonds. The van der Waals surface area contributed by atoms with Gasteiger partial charge in [0.2, 0.25) is 5.91 Å². The average Bonchev–Trinajstić information content (AvgIpc) is 2.86. The van der Waals surface area contributed by atoms with Crippen molar-refractivity contribution in [2.45, 2.75) is 25.4 Å². The molecule has 0 aromatic heterocycles. The van der Waals surface area contributed by atoms with Crippen molar-refractivity contribution in [3.05, 3.63) is 34.1 Å². The molecule has 6 heteroatoms. The first-order valence-electron chi connectivity index (χ1n) is 6.00. The van der Waals surface area contributed by atoms with Crippen LogP contribution in [-0.2, 0) is 11.3 Å². The van der Waals surface area contributed by atoms with Gasteiger partial charge >= 0.3 is 0 Å². The van der Waals surface area contributed by atoms with Crippen LogP contribution in [0.1, 0.15) is 18.4 Å². The zero-order chi connectivity index (χ0) is 13.1. The third-order valence-corrected chi connectivity index (χ3v) is 3.64. The van der Waals surface area contributed by atoms with E-state index in [9.17, 15) is 9.18 Å². The molecule has 1 aromatic carbocycles. The fourth-order valence-corrected chi connectivity index (χ4v) is 2.57. The van der Waals surface area contributed by atoms with Gasteiger partial charge in [-0.05, 0) is 37.6 Å². The van der Waals surface area contributed by atoms with Crippen molar-refractivity contribution < 1.29 is 9.18 Å². The van der Waals surface area contributed by atoms with Crippen LogP contribution in [0.3, 0.4) is 0 Å². The topological polar surface area (TPSA) is 32.3 Å². The lowest BCUT2D eigenvalue weighted by atomic mass is 10.1. The van der Waals surface area contributed by atoms with E-state index in [-0.39, 0.29) is 30.2 Å². The number of rotatable bonds is 3. The van der Waals surface area contributed by atoms with Crippen LogP contribution in [0.5, 0.6) is 0 Å². The zero-order valence-corrected chi connectivity index (χ0v) is 13.1. The molecular formula is C13H17BrClFN2O. The predicted molar refractivity (Wildman–Crippen MR) is 78.8 cm³/mol. The monoisotopic (exact) mass is 350 g/mol. The first-order chi connectivity index (χ1) is 8.58. The number of likely N-dealkylation sites (N-methyl/N-ethyl adjacent to an activating group) is 1. The van der Waals surface area contributed by atoms with E-state index >= 15 is 0 Å². The van der Waals surface area contributed by atoms with E-state index in [4.69, 9.17) is 0 Å². The van der Waals surface area contributed by atoms with Gasteiger partial charge in [-0.2, -0.15) is 0 Å². The number of carbonyl (C=O) groups excluding carboxylic acids is 1. The highest BCUT2D eigenvalue weighted by Crippen LogP contribution is 2.18. The third kappa shape index (κ3) is 4.16. The Labute approximate surface area is 127 Å². The maximum absolute atomic E-state index is 13.6. The molecule has 0 saturated carbocycles. The Morgan fingerprint density at radius 1 is 1.58 bits per heavy atom. The normalized spacial score (nSPS) is 17.9. The standard InChI is InChI=1S/C13H16BrFN2O.ClH/c1-17(13(18)12-3-2-6-16-12)8-9-7-10(14)4-5-11(9)15;/h4-5,7,12,16H,2-3,6,8H2,1H3;1H. The fraction of sp³-hybridized carbons (Fsp3) is 0.462. The van der Waals surface area contributed by atoms with Crippen LogP contribution in [-0.4, -0.2) is 30.4 Å². The number of hydrogen-bond donors (Lipinski definition) is 1. The van der Waals surface area contributed by atoms with Gasteiger partial charge < -0.3 is 10.2 Å². The van der Waals surface area contributed by atoms with Gasteiger partial charge in [-0.15, -0.1) is 12.4 Å². The summed E-state index contributed by atoms with van der Waals surface area (Å²) in [5.41, 5.74) is 0.526. The molecule has 106 valence electrons. The van der Waals surface area contributed by atoms with E-state index in [1.807, 2.05) is 0 Å². The second-order valence-corrected chi connectivity index (χ2v) is 5.49. The minimum Gasteiger partial charge on any atom is -0.340 e. The quantitative estimate of drug-likeness (QED) is 0.908. The van der Waals surface area contributed by atoms with E-state index in [1.54, 1.807) is 24.1 Å². The summed E-state index contributed by atoms with van der Waals surface area (Å²) >= 11 is 3.31. The van der Waals surface area contributed by atoms with Crippen molar-refractivity contribution in [1.82, 2.24) is 10.2 Å². The molecule has 1 heterocycles. The van der Waals surface area contributed by atoms with Crippen molar-refractivity contribution in [2.75, 3.05) is 13.6 Å². The summed E-state index contributed by atoms with van der Waals surface area (Å²) in [4.78, 5) is 13.7. The number of carbonyl (C=O) groups is 1. The first-order valence-corrected chi connectivity index (χ1v) is 6.79. The van der Waals surface area contributed by atoms with E-state index in [1.165, 1.54) is 6.07 Å². The van der Waals surface area contributed by atoms with E-state index in [2.05, 4.69) is 21.2 Å². The Hall–Kier alpha value is -0.650. The lowest BCUT2D eigenvalue weighted by molar-refractivity contribution is -0.132. The fourth-order valence-electron chi connectivity index (χ4n) is 2.16. The number of benzene rings is 1. The van der Waals surface area contributed by atoms with Crippen LogP contribution < -0.4 is 5.32 Å². The molecule has 1 saturated heterocycles. The molecule has 1 N–H and O–H groups in total. The summed E-state index contributed by atoms with van der Waals surface area (Å²) in [6.07, 6.45) is 1.89. The van der Waals surface area contributed by atoms with E-state index in [0.717, 1.165) is 23.9 Å². The number of halogens is 3. The van der Waals surface area contributed by atoms with Crippen molar-refractivity contribution in [2.24, 2.45) is 0 Å². The van der Waals surface area contributed by atoms with Crippen molar-refractivity contribution in [1.29, 1.82) is 0 Å². The SMILES string of the molecule is CN(Cc1cc(Br)ccc1F)C(=O)C1CCCN1.Cl. The highest BCUT2D eigenvalue weighted by Gasteiger charge is 2.25. The summed E-state index contributed by atoms with van der Waals surface area (Å²) in [6.45, 7) is 1.18. The van der Waals surface area contributed by atoms with Gasteiger partial charge in [0.25, 0.3) is 0 Å². The van der Waals surface area contributed by atoms with Crippen LogP contribution in [0, 0.1) is 5.82 Å². The Kier molecular flexibility index (Phi) is 6.23. The Morgan fingerprint density at radius 2 is 2.32 bits per heavy atom. The molecule has 0 radical (unpaired) electrons. The van der Waals surface area contributed by atoms with Gasteiger partial charge in [-0.1, -0.05) is 15.9 Å². The van der Waals surface area contributed by atoms with Crippen molar-refractivity contribution in [3.8, 4) is 0 Å². The van der Waals surface area contributed by atoms with Crippen LogP contribution in [0.15, 0.2) is 22.7 Å². The number of nitrogens with zero attached hydrogens (tertiary/aromatic N) is 1. The third-order valence-electron chi connectivity index (χ3n) is 3.15. The maximum Gasteiger partial charge on any atom is 0.239 e. The smallest absolute Gasteiger partial charge is 0.239 e. The lowest BCUT2D eigenvalue weighted by Crippen LogP contribution is -2.41. The molecule has 1 aromatic rings. The van der Waals surface area contributed by atoms with Gasteiger partial charge in [-0.25, -0.2) is 4.39 Å². The van der Waals surface area contributed by atoms with E-state index < -0.39 is 0 Å². The van der Waals surface area contributed by atoms with E-state index in [0.29, 0.717) is 12.1 Å². The van der Waals surface area contributed by atoms with Crippen LogP contribution >= 0.6 is 28.3 Å². The first kappa shape index (κ1) is 16.4. The van der Waals surface area contributed by atoms with Crippen molar-refractivity contribution >= 4 is 34.2 Å². The van der Waals surface area contributed by atoms with Crippen LogP contribution in [0.25, 0.3) is 0 Å². The number of amides is 1. The average molecular weight is 352 g/mol. The zero-order valence-electron chi connectivity index (χ0n) is 10.7. The minimum atomic E-state index is -0.280. The summed E-state index contributed by atoms with van der Waals surface area (Å²) in [5, 5.41) is 3.15. The number of nitrogens with one attached hydrogen (secondary N) is 1. The molecule has 1 fully saturated rings. The summed E-state index contributed by atoms with van der Waals surface area (Å²) in [7, 11) is 1.71. The lowest BCUT2D eigenvalue weighted by Gasteiger charge is -2.21. The van der Waals surface area contributed by atoms with Crippen LogP contribution in [0.2, 0.25) is 0 Å². The molecule has 2 rings (SSSR count). The van der Waals surface area contributed by atoms with Gasteiger partial charge in [0.05, 0.1) is 6.04 Å². The molecule has 19 heavy (non-hydrogen) atoms. The highest BCUT2D eigenvalue weighted by atomic mass is 79.9. The molecule has 0 bridgehead atoms. The second-order valence-electron chi connectivity index (χ2n) is 4.58. The largest absolute Gasteiger partial charge is 0.340 e. The maximum atomic E-state index is 13.6. The summed E-state index contributed by atoms with van der Waals surface area (Å²) in [6, 6.07) is 4.66. The molecule has 1 atom stereocenters. The summed E-state index contributed by atoms with van der Waals surface area (Å²) in [5.74, 6) is -0.246. The molecule has 1 unspecified atom stereocenters. The Morgan fingerprint density at radius 3 is 2.95 bits per heavy atom. The van der Waals surface area contributed by atoms with Gasteiger partial charge in [0, 0.05) is 23.6 Å². The molecule has 0 spiro atoms. The van der Waals surface area contributed by atoms with Gasteiger partial charge in [0.1, 0.15) is 5.82 Å². The Balaban J connectivity index is 0.00000180.